The molecule has 0 bridgehead atoms. The summed E-state index contributed by atoms with van der Waals surface area (Å²) in [4.78, 5) is 4.34. The summed E-state index contributed by atoms with van der Waals surface area (Å²) in [6, 6.07) is 0. The summed E-state index contributed by atoms with van der Waals surface area (Å²) in [5, 5.41) is 0. The molecular formula is C9H17N3. The minimum Gasteiger partial charge on any atom is -0.334 e. The van der Waals surface area contributed by atoms with E-state index in [0.29, 0.717) is 6.54 Å². The molecule has 0 spiro atoms. The van der Waals surface area contributed by atoms with E-state index in [0.717, 1.165) is 11.5 Å². The second-order valence-electron chi connectivity index (χ2n) is 4.09. The molecule has 68 valence electrons. The van der Waals surface area contributed by atoms with Crippen LogP contribution >= 0.6 is 0 Å². The molecule has 0 aromatic carbocycles. The molecule has 0 fully saturated rings. The van der Waals surface area contributed by atoms with Crippen molar-refractivity contribution in [1.29, 1.82) is 0 Å². The molecule has 12 heavy (non-hydrogen) atoms. The maximum atomic E-state index is 5.55. The van der Waals surface area contributed by atoms with Crippen LogP contribution in [0.15, 0.2) is 6.20 Å². The first-order valence-corrected chi connectivity index (χ1v) is 4.18. The fourth-order valence-corrected chi connectivity index (χ4v) is 1.33. The van der Waals surface area contributed by atoms with Gasteiger partial charge in [-0.1, -0.05) is 20.8 Å². The molecule has 0 atom stereocenters. The average molecular weight is 167 g/mol. The first-order chi connectivity index (χ1) is 5.46. The molecule has 0 unspecified atom stereocenters. The molecule has 0 aliphatic rings. The summed E-state index contributed by atoms with van der Waals surface area (Å²) in [5.41, 5.74) is 6.73. The summed E-state index contributed by atoms with van der Waals surface area (Å²) in [6.45, 7) is 7.00. The SMILES string of the molecule is Cn1c(CN)cnc1C(C)(C)C. The van der Waals surface area contributed by atoms with Crippen molar-refractivity contribution in [3.05, 3.63) is 17.7 Å². The number of nitrogens with zero attached hydrogens (tertiary/aromatic N) is 2. The van der Waals surface area contributed by atoms with Crippen molar-refractivity contribution in [3.63, 3.8) is 0 Å². The Bertz CT molecular complexity index is 268. The van der Waals surface area contributed by atoms with E-state index in [9.17, 15) is 0 Å². The number of imidazole rings is 1. The highest BCUT2D eigenvalue weighted by Gasteiger charge is 2.19. The van der Waals surface area contributed by atoms with Gasteiger partial charge in [0.25, 0.3) is 0 Å². The van der Waals surface area contributed by atoms with Crippen LogP contribution in [0, 0.1) is 0 Å². The molecular weight excluding hydrogens is 150 g/mol. The molecule has 0 aliphatic heterocycles. The summed E-state index contributed by atoms with van der Waals surface area (Å²) in [7, 11) is 2.01. The van der Waals surface area contributed by atoms with Crippen LogP contribution in [0.25, 0.3) is 0 Å². The molecule has 0 amide bonds. The molecule has 3 nitrogen and oxygen atoms in total. The van der Waals surface area contributed by atoms with Gasteiger partial charge in [-0.15, -0.1) is 0 Å². The number of hydrogen-bond acceptors (Lipinski definition) is 2. The van der Waals surface area contributed by atoms with Crippen LogP contribution in [0.1, 0.15) is 32.3 Å². The van der Waals surface area contributed by atoms with E-state index >= 15 is 0 Å². The van der Waals surface area contributed by atoms with Crippen LogP contribution < -0.4 is 5.73 Å². The van der Waals surface area contributed by atoms with Gasteiger partial charge in [-0.05, 0) is 0 Å². The molecule has 0 radical (unpaired) electrons. The zero-order chi connectivity index (χ0) is 9.35. The molecule has 1 aromatic heterocycles. The maximum Gasteiger partial charge on any atom is 0.114 e. The Balaban J connectivity index is 3.11. The highest BCUT2D eigenvalue weighted by molar-refractivity contribution is 5.11. The predicted octanol–water partition coefficient (Wildman–Crippen LogP) is 1.18. The zero-order valence-corrected chi connectivity index (χ0v) is 8.26. The van der Waals surface area contributed by atoms with Crippen molar-refractivity contribution in [1.82, 2.24) is 9.55 Å². The van der Waals surface area contributed by atoms with Crippen molar-refractivity contribution >= 4 is 0 Å². The molecule has 0 aliphatic carbocycles. The summed E-state index contributed by atoms with van der Waals surface area (Å²) in [6.07, 6.45) is 1.85. The highest BCUT2D eigenvalue weighted by Crippen LogP contribution is 2.20. The van der Waals surface area contributed by atoms with Gasteiger partial charge in [-0.3, -0.25) is 0 Å². The van der Waals surface area contributed by atoms with Gasteiger partial charge in [0.05, 0.1) is 5.69 Å². The Morgan fingerprint density at radius 1 is 1.50 bits per heavy atom. The van der Waals surface area contributed by atoms with Crippen LogP contribution in [0.5, 0.6) is 0 Å². The van der Waals surface area contributed by atoms with Gasteiger partial charge in [0, 0.05) is 25.2 Å². The van der Waals surface area contributed by atoms with Crippen molar-refractivity contribution in [3.8, 4) is 0 Å². The summed E-state index contributed by atoms with van der Waals surface area (Å²) >= 11 is 0. The van der Waals surface area contributed by atoms with E-state index in [1.54, 1.807) is 0 Å². The minimum atomic E-state index is 0.0994. The number of aromatic nitrogens is 2. The van der Waals surface area contributed by atoms with E-state index in [4.69, 9.17) is 5.73 Å². The van der Waals surface area contributed by atoms with Gasteiger partial charge < -0.3 is 10.3 Å². The van der Waals surface area contributed by atoms with Crippen molar-refractivity contribution in [2.24, 2.45) is 12.8 Å². The molecule has 1 heterocycles. The van der Waals surface area contributed by atoms with Crippen molar-refractivity contribution < 1.29 is 0 Å². The van der Waals surface area contributed by atoms with Crippen molar-refractivity contribution in [2.75, 3.05) is 0 Å². The number of rotatable bonds is 1. The number of nitrogens with two attached hydrogens (primary N) is 1. The third-order valence-electron chi connectivity index (χ3n) is 1.96. The Labute approximate surface area is 73.6 Å². The topological polar surface area (TPSA) is 43.8 Å². The maximum absolute atomic E-state index is 5.55. The second kappa shape index (κ2) is 2.90. The van der Waals surface area contributed by atoms with E-state index in [1.807, 2.05) is 13.2 Å². The Hall–Kier alpha value is -0.830. The number of hydrogen-bond donors (Lipinski definition) is 1. The van der Waals surface area contributed by atoms with E-state index < -0.39 is 0 Å². The monoisotopic (exact) mass is 167 g/mol. The molecule has 1 rings (SSSR count). The van der Waals surface area contributed by atoms with E-state index in [1.165, 1.54) is 0 Å². The second-order valence-corrected chi connectivity index (χ2v) is 4.09. The molecule has 0 saturated carbocycles. The van der Waals surface area contributed by atoms with Crippen LogP contribution in [0.4, 0.5) is 0 Å². The van der Waals surface area contributed by atoms with Gasteiger partial charge in [-0.25, -0.2) is 4.98 Å². The molecule has 1 aromatic rings. The van der Waals surface area contributed by atoms with E-state index in [2.05, 4.69) is 30.3 Å². The lowest BCUT2D eigenvalue weighted by Gasteiger charge is -2.18. The molecule has 3 heteroatoms. The predicted molar refractivity (Wildman–Crippen MR) is 49.8 cm³/mol. The third kappa shape index (κ3) is 1.50. The fraction of sp³-hybridized carbons (Fsp3) is 0.667. The smallest absolute Gasteiger partial charge is 0.114 e. The van der Waals surface area contributed by atoms with Crippen LogP contribution in [0.3, 0.4) is 0 Å². The lowest BCUT2D eigenvalue weighted by Crippen LogP contribution is -2.18. The largest absolute Gasteiger partial charge is 0.334 e. The normalized spacial score (nSPS) is 12.1. The van der Waals surface area contributed by atoms with Gasteiger partial charge in [0.1, 0.15) is 5.82 Å². The zero-order valence-electron chi connectivity index (χ0n) is 8.26. The Morgan fingerprint density at radius 3 is 2.33 bits per heavy atom. The lowest BCUT2D eigenvalue weighted by atomic mass is 9.96. The highest BCUT2D eigenvalue weighted by atomic mass is 15.1. The first kappa shape index (κ1) is 9.26. The quantitative estimate of drug-likeness (QED) is 0.682. The van der Waals surface area contributed by atoms with Crippen LogP contribution in [-0.4, -0.2) is 9.55 Å². The lowest BCUT2D eigenvalue weighted by molar-refractivity contribution is 0.518. The first-order valence-electron chi connectivity index (χ1n) is 4.18. The van der Waals surface area contributed by atoms with Gasteiger partial charge in [0.15, 0.2) is 0 Å². The Kier molecular flexibility index (Phi) is 2.24. The van der Waals surface area contributed by atoms with Crippen LogP contribution in [-0.2, 0) is 19.0 Å². The van der Waals surface area contributed by atoms with Gasteiger partial charge in [0.2, 0.25) is 0 Å². The molecule has 0 saturated heterocycles. The minimum absolute atomic E-state index is 0.0994. The van der Waals surface area contributed by atoms with Gasteiger partial charge in [-0.2, -0.15) is 0 Å². The van der Waals surface area contributed by atoms with Crippen LogP contribution in [0.2, 0.25) is 0 Å². The Morgan fingerprint density at radius 2 is 2.08 bits per heavy atom. The molecule has 2 N–H and O–H groups in total. The summed E-state index contributed by atoms with van der Waals surface area (Å²) < 4.78 is 2.07. The fourth-order valence-electron chi connectivity index (χ4n) is 1.33. The van der Waals surface area contributed by atoms with Crippen molar-refractivity contribution in [2.45, 2.75) is 32.7 Å². The summed E-state index contributed by atoms with van der Waals surface area (Å²) in [5.74, 6) is 1.09. The third-order valence-corrected chi connectivity index (χ3v) is 1.96. The standard InChI is InChI=1S/C9H17N3/c1-9(2,3)8-11-6-7(5-10)12(8)4/h6H,5,10H2,1-4H3. The average Bonchev–Trinajstić information content (AvgIpc) is 2.29. The van der Waals surface area contributed by atoms with Gasteiger partial charge >= 0.3 is 0 Å². The van der Waals surface area contributed by atoms with E-state index in [-0.39, 0.29) is 5.41 Å².